The molecule has 0 spiro atoms. The Balaban J connectivity index is 1.47. The summed E-state index contributed by atoms with van der Waals surface area (Å²) in [6.45, 7) is 6.62. The lowest BCUT2D eigenvalue weighted by molar-refractivity contribution is -0.120. The van der Waals surface area contributed by atoms with E-state index in [-0.39, 0.29) is 24.2 Å². The molecule has 3 aromatic rings. The summed E-state index contributed by atoms with van der Waals surface area (Å²) in [4.78, 5) is 16.0. The lowest BCUT2D eigenvalue weighted by Gasteiger charge is -2.29. The third-order valence-electron chi connectivity index (χ3n) is 6.24. The monoisotopic (exact) mass is 465 g/mol. The summed E-state index contributed by atoms with van der Waals surface area (Å²) in [7, 11) is 2.00. The first-order valence-electron chi connectivity index (χ1n) is 12.2. The van der Waals surface area contributed by atoms with Crippen LogP contribution in [0.2, 0.25) is 0 Å². The fourth-order valence-corrected chi connectivity index (χ4v) is 4.66. The molecule has 1 aliphatic carbocycles. The Bertz CT molecular complexity index is 1100. The molecule has 1 atom stereocenters. The van der Waals surface area contributed by atoms with E-state index in [1.165, 1.54) is 6.92 Å². The largest absolute Gasteiger partial charge is 0.493 e. The molecule has 0 aliphatic heterocycles. The van der Waals surface area contributed by atoms with E-state index in [2.05, 4.69) is 17.4 Å². The SMILES string of the molecule is CCOc1ccc2nc(O[C@H]3CC[C@H](OC[C@H](C)NC(C)=O)CC3)n(C)c2c1-c1ccccc1. The van der Waals surface area contributed by atoms with Gasteiger partial charge in [-0.25, -0.2) is 0 Å². The van der Waals surface area contributed by atoms with Crippen molar-refractivity contribution in [3.63, 3.8) is 0 Å². The van der Waals surface area contributed by atoms with Crippen LogP contribution in [-0.4, -0.2) is 46.9 Å². The van der Waals surface area contributed by atoms with Crippen LogP contribution in [0.5, 0.6) is 11.8 Å². The Morgan fingerprint density at radius 3 is 2.50 bits per heavy atom. The van der Waals surface area contributed by atoms with Gasteiger partial charge in [-0.15, -0.1) is 0 Å². The Morgan fingerprint density at radius 1 is 1.12 bits per heavy atom. The molecule has 1 fully saturated rings. The van der Waals surface area contributed by atoms with Gasteiger partial charge in [0.2, 0.25) is 5.91 Å². The van der Waals surface area contributed by atoms with Crippen molar-refractivity contribution in [3.8, 4) is 22.9 Å². The van der Waals surface area contributed by atoms with Gasteiger partial charge >= 0.3 is 0 Å². The number of ether oxygens (including phenoxy) is 3. The molecule has 4 rings (SSSR count). The number of hydrogen-bond donors (Lipinski definition) is 1. The molecule has 1 heterocycles. The average molecular weight is 466 g/mol. The second kappa shape index (κ2) is 10.9. The summed E-state index contributed by atoms with van der Waals surface area (Å²) in [6.07, 6.45) is 4.01. The minimum absolute atomic E-state index is 0.0202. The van der Waals surface area contributed by atoms with Gasteiger partial charge in [-0.1, -0.05) is 30.3 Å². The van der Waals surface area contributed by atoms with Crippen molar-refractivity contribution in [1.82, 2.24) is 14.9 Å². The molecular formula is C27H35N3O4. The third-order valence-corrected chi connectivity index (χ3v) is 6.24. The maximum Gasteiger partial charge on any atom is 0.297 e. The van der Waals surface area contributed by atoms with Crippen molar-refractivity contribution < 1.29 is 19.0 Å². The molecule has 1 aromatic heterocycles. The number of imidazole rings is 1. The second-order valence-corrected chi connectivity index (χ2v) is 9.01. The van der Waals surface area contributed by atoms with Gasteiger partial charge in [0.05, 0.1) is 30.4 Å². The van der Waals surface area contributed by atoms with Crippen LogP contribution in [0.1, 0.15) is 46.5 Å². The minimum atomic E-state index is -0.0283. The number of hydrogen-bond acceptors (Lipinski definition) is 5. The highest BCUT2D eigenvalue weighted by molar-refractivity contribution is 5.96. The van der Waals surface area contributed by atoms with Gasteiger partial charge < -0.3 is 19.5 Å². The maximum atomic E-state index is 11.2. The molecular weight excluding hydrogens is 430 g/mol. The number of amides is 1. The van der Waals surface area contributed by atoms with Crippen molar-refractivity contribution in [1.29, 1.82) is 0 Å². The van der Waals surface area contributed by atoms with Gasteiger partial charge in [0, 0.05) is 25.6 Å². The molecule has 1 aliphatic rings. The highest BCUT2D eigenvalue weighted by Crippen LogP contribution is 2.39. The lowest BCUT2D eigenvalue weighted by atomic mass is 9.95. The maximum absolute atomic E-state index is 11.2. The molecule has 1 N–H and O–H groups in total. The number of benzene rings is 2. The molecule has 7 heteroatoms. The first kappa shape index (κ1) is 24.1. The minimum Gasteiger partial charge on any atom is -0.493 e. The predicted molar refractivity (Wildman–Crippen MR) is 133 cm³/mol. The summed E-state index contributed by atoms with van der Waals surface area (Å²) in [5.41, 5.74) is 4.03. The van der Waals surface area contributed by atoms with E-state index in [4.69, 9.17) is 19.2 Å². The summed E-state index contributed by atoms with van der Waals surface area (Å²) < 4.78 is 20.4. The fraction of sp³-hybridized carbons (Fsp3) is 0.481. The Labute approximate surface area is 201 Å². The molecule has 0 saturated heterocycles. The summed E-state index contributed by atoms with van der Waals surface area (Å²) >= 11 is 0. The molecule has 34 heavy (non-hydrogen) atoms. The fourth-order valence-electron chi connectivity index (χ4n) is 4.66. The zero-order valence-electron chi connectivity index (χ0n) is 20.5. The zero-order chi connectivity index (χ0) is 24.1. The van der Waals surface area contributed by atoms with E-state index in [1.54, 1.807) is 0 Å². The lowest BCUT2D eigenvalue weighted by Crippen LogP contribution is -2.37. The van der Waals surface area contributed by atoms with Crippen molar-refractivity contribution in [2.24, 2.45) is 7.05 Å². The normalized spacial score (nSPS) is 19.1. The van der Waals surface area contributed by atoms with E-state index in [0.29, 0.717) is 19.2 Å². The van der Waals surface area contributed by atoms with Crippen molar-refractivity contribution in [3.05, 3.63) is 42.5 Å². The first-order valence-corrected chi connectivity index (χ1v) is 12.2. The van der Waals surface area contributed by atoms with Crippen LogP contribution in [0, 0.1) is 0 Å². The molecule has 7 nitrogen and oxygen atoms in total. The van der Waals surface area contributed by atoms with Crippen molar-refractivity contribution >= 4 is 16.9 Å². The van der Waals surface area contributed by atoms with Crippen molar-refractivity contribution in [2.45, 2.75) is 64.7 Å². The van der Waals surface area contributed by atoms with Gasteiger partial charge in [-0.3, -0.25) is 9.36 Å². The quantitative estimate of drug-likeness (QED) is 0.488. The molecule has 0 bridgehead atoms. The molecule has 0 radical (unpaired) electrons. The van der Waals surface area contributed by atoms with E-state index in [0.717, 1.165) is 53.6 Å². The topological polar surface area (TPSA) is 74.6 Å². The molecule has 1 amide bonds. The predicted octanol–water partition coefficient (Wildman–Crippen LogP) is 4.87. The van der Waals surface area contributed by atoms with Gasteiger partial charge in [-0.05, 0) is 57.2 Å². The van der Waals surface area contributed by atoms with Crippen LogP contribution in [0.25, 0.3) is 22.2 Å². The van der Waals surface area contributed by atoms with E-state index < -0.39 is 0 Å². The third kappa shape index (κ3) is 5.53. The number of rotatable bonds is 9. The smallest absolute Gasteiger partial charge is 0.297 e. The van der Waals surface area contributed by atoms with Crippen LogP contribution >= 0.6 is 0 Å². The average Bonchev–Trinajstić information content (AvgIpc) is 3.14. The van der Waals surface area contributed by atoms with Gasteiger partial charge in [0.1, 0.15) is 11.9 Å². The highest BCUT2D eigenvalue weighted by atomic mass is 16.5. The van der Waals surface area contributed by atoms with Crippen LogP contribution < -0.4 is 14.8 Å². The standard InChI is InChI=1S/C27H35N3O4/c1-5-32-24-16-15-23-26(25(24)20-9-7-6-8-10-20)30(4)27(29-23)34-22-13-11-21(12-14-22)33-17-18(2)28-19(3)31/h6-10,15-16,18,21-22H,5,11-14,17H2,1-4H3,(H,28,31)/t18-,21-,22-/m0/s1. The first-order chi connectivity index (χ1) is 16.5. The summed E-state index contributed by atoms with van der Waals surface area (Å²) in [5, 5.41) is 2.86. The zero-order valence-corrected chi connectivity index (χ0v) is 20.5. The summed E-state index contributed by atoms with van der Waals surface area (Å²) in [6, 6.07) is 14.9. The van der Waals surface area contributed by atoms with E-state index in [9.17, 15) is 4.79 Å². The Morgan fingerprint density at radius 2 is 1.82 bits per heavy atom. The van der Waals surface area contributed by atoms with Crippen LogP contribution in [-0.2, 0) is 16.6 Å². The molecule has 2 aromatic carbocycles. The van der Waals surface area contributed by atoms with E-state index in [1.807, 2.05) is 55.8 Å². The molecule has 1 saturated carbocycles. The van der Waals surface area contributed by atoms with E-state index >= 15 is 0 Å². The van der Waals surface area contributed by atoms with Gasteiger partial charge in [-0.2, -0.15) is 4.98 Å². The van der Waals surface area contributed by atoms with Crippen LogP contribution in [0.15, 0.2) is 42.5 Å². The number of carbonyl (C=O) groups excluding carboxylic acids is 1. The highest BCUT2D eigenvalue weighted by Gasteiger charge is 2.26. The van der Waals surface area contributed by atoms with Crippen molar-refractivity contribution in [2.75, 3.05) is 13.2 Å². The molecule has 182 valence electrons. The van der Waals surface area contributed by atoms with Crippen LogP contribution in [0.3, 0.4) is 0 Å². The Kier molecular flexibility index (Phi) is 7.73. The number of aromatic nitrogens is 2. The molecule has 0 unspecified atom stereocenters. The van der Waals surface area contributed by atoms with Crippen LogP contribution in [0.4, 0.5) is 0 Å². The number of nitrogens with one attached hydrogen (secondary N) is 1. The number of carbonyl (C=O) groups is 1. The number of aryl methyl sites for hydroxylation is 1. The second-order valence-electron chi connectivity index (χ2n) is 9.01. The summed E-state index contributed by atoms with van der Waals surface area (Å²) in [5.74, 6) is 0.821. The number of fused-ring (bicyclic) bond motifs is 1. The number of nitrogens with zero attached hydrogens (tertiary/aromatic N) is 2. The van der Waals surface area contributed by atoms with Gasteiger partial charge in [0.25, 0.3) is 6.01 Å². The Hall–Kier alpha value is -3.06. The van der Waals surface area contributed by atoms with Gasteiger partial charge in [0.15, 0.2) is 0 Å².